The number of hydrogen-bond acceptors (Lipinski definition) is 9. The Bertz CT molecular complexity index is 1400. The van der Waals surface area contributed by atoms with Crippen molar-refractivity contribution in [3.05, 3.63) is 47.8 Å². The molecule has 0 unspecified atom stereocenters. The van der Waals surface area contributed by atoms with Crippen LogP contribution in [0, 0.1) is 0 Å². The molecule has 3 fully saturated rings. The van der Waals surface area contributed by atoms with E-state index in [1.54, 1.807) is 26.8 Å². The number of nitrogens with one attached hydrogen (secondary N) is 1. The van der Waals surface area contributed by atoms with Gasteiger partial charge in [-0.2, -0.15) is 0 Å². The highest BCUT2D eigenvalue weighted by molar-refractivity contribution is 5.96. The van der Waals surface area contributed by atoms with Crippen molar-refractivity contribution in [3.63, 3.8) is 0 Å². The molecule has 248 valence electrons. The zero-order chi connectivity index (χ0) is 32.9. The van der Waals surface area contributed by atoms with Gasteiger partial charge in [0.2, 0.25) is 5.91 Å². The van der Waals surface area contributed by atoms with Gasteiger partial charge in [0.25, 0.3) is 5.91 Å². The number of benzene rings is 1. The molecule has 2 saturated heterocycles. The SMILES string of the molecule is CC(C)(C)OC(=O)CC[C@H](NC(=O)c1cc(C2CCC3(CC2)OCCO3)nc(-c2ccccc2)n1)C(=O)N1CCN(C(=O)O)CC1. The number of amides is 3. The van der Waals surface area contributed by atoms with Crippen molar-refractivity contribution in [2.24, 2.45) is 0 Å². The number of piperazine rings is 1. The molecular formula is C33H43N5O8. The molecule has 1 aromatic carbocycles. The van der Waals surface area contributed by atoms with Crippen LogP contribution >= 0.6 is 0 Å². The Hall–Kier alpha value is -4.10. The summed E-state index contributed by atoms with van der Waals surface area (Å²) >= 11 is 0. The van der Waals surface area contributed by atoms with Gasteiger partial charge >= 0.3 is 12.1 Å². The van der Waals surface area contributed by atoms with Gasteiger partial charge in [-0.3, -0.25) is 14.4 Å². The monoisotopic (exact) mass is 637 g/mol. The van der Waals surface area contributed by atoms with Gasteiger partial charge in [0.1, 0.15) is 17.3 Å². The summed E-state index contributed by atoms with van der Waals surface area (Å²) in [6.07, 6.45) is 1.85. The largest absolute Gasteiger partial charge is 0.465 e. The van der Waals surface area contributed by atoms with Crippen LogP contribution in [-0.2, 0) is 23.8 Å². The minimum absolute atomic E-state index is 0.00677. The highest BCUT2D eigenvalue weighted by Crippen LogP contribution is 2.42. The number of aromatic nitrogens is 2. The fraction of sp³-hybridized carbons (Fsp3) is 0.576. The van der Waals surface area contributed by atoms with Crippen molar-refractivity contribution < 1.29 is 38.5 Å². The third-order valence-corrected chi connectivity index (χ3v) is 8.51. The Kier molecular flexibility index (Phi) is 10.2. The van der Waals surface area contributed by atoms with E-state index in [1.807, 2.05) is 30.3 Å². The third kappa shape index (κ3) is 8.38. The Morgan fingerprint density at radius 2 is 1.63 bits per heavy atom. The molecule has 13 heteroatoms. The maximum atomic E-state index is 13.9. The van der Waals surface area contributed by atoms with Crippen LogP contribution in [0.25, 0.3) is 11.4 Å². The Morgan fingerprint density at radius 1 is 1.00 bits per heavy atom. The van der Waals surface area contributed by atoms with Crippen LogP contribution in [0.2, 0.25) is 0 Å². The van der Waals surface area contributed by atoms with E-state index < -0.39 is 41.3 Å². The van der Waals surface area contributed by atoms with Crippen molar-refractivity contribution in [1.82, 2.24) is 25.1 Å². The fourth-order valence-electron chi connectivity index (χ4n) is 6.13. The molecule has 46 heavy (non-hydrogen) atoms. The van der Waals surface area contributed by atoms with E-state index in [0.717, 1.165) is 36.9 Å². The van der Waals surface area contributed by atoms with Gasteiger partial charge in [0.05, 0.1) is 13.2 Å². The van der Waals surface area contributed by atoms with E-state index in [1.165, 1.54) is 9.80 Å². The molecule has 1 aliphatic carbocycles. The van der Waals surface area contributed by atoms with E-state index in [9.17, 15) is 24.3 Å². The summed E-state index contributed by atoms with van der Waals surface area (Å²) in [6, 6.07) is 10.0. The predicted molar refractivity (Wildman–Crippen MR) is 166 cm³/mol. The molecular weight excluding hydrogens is 594 g/mol. The summed E-state index contributed by atoms with van der Waals surface area (Å²) in [4.78, 5) is 63.8. The van der Waals surface area contributed by atoms with Gasteiger partial charge in [-0.25, -0.2) is 14.8 Å². The maximum Gasteiger partial charge on any atom is 0.407 e. The quantitative estimate of drug-likeness (QED) is 0.410. The van der Waals surface area contributed by atoms with E-state index >= 15 is 0 Å². The fourth-order valence-corrected chi connectivity index (χ4v) is 6.13. The topological polar surface area (TPSA) is 160 Å². The summed E-state index contributed by atoms with van der Waals surface area (Å²) in [6.45, 7) is 7.11. The molecule has 2 aromatic rings. The molecule has 1 aromatic heterocycles. The Labute approximate surface area is 268 Å². The second-order valence-corrected chi connectivity index (χ2v) is 13.0. The number of esters is 1. The number of carbonyl (C=O) groups excluding carboxylic acids is 3. The summed E-state index contributed by atoms with van der Waals surface area (Å²) in [5.41, 5.74) is 0.894. The molecule has 2 N–H and O–H groups in total. The number of rotatable bonds is 8. The highest BCUT2D eigenvalue weighted by atomic mass is 16.7. The molecule has 0 radical (unpaired) electrons. The third-order valence-electron chi connectivity index (χ3n) is 8.51. The van der Waals surface area contributed by atoms with Gasteiger partial charge in [0.15, 0.2) is 11.6 Å². The van der Waals surface area contributed by atoms with Gasteiger partial charge in [0, 0.05) is 62.6 Å². The first-order valence-corrected chi connectivity index (χ1v) is 15.9. The lowest BCUT2D eigenvalue weighted by Crippen LogP contribution is -2.55. The summed E-state index contributed by atoms with van der Waals surface area (Å²) in [5, 5.41) is 12.2. The lowest BCUT2D eigenvalue weighted by atomic mass is 9.83. The average Bonchev–Trinajstić information content (AvgIpc) is 3.50. The predicted octanol–water partition coefficient (Wildman–Crippen LogP) is 3.59. The summed E-state index contributed by atoms with van der Waals surface area (Å²) in [5.74, 6) is -1.53. The zero-order valence-corrected chi connectivity index (χ0v) is 26.7. The summed E-state index contributed by atoms with van der Waals surface area (Å²) in [7, 11) is 0. The van der Waals surface area contributed by atoms with Crippen molar-refractivity contribution in [2.45, 2.75) is 82.6 Å². The van der Waals surface area contributed by atoms with E-state index in [4.69, 9.17) is 19.2 Å². The second kappa shape index (κ2) is 14.1. The number of hydrogen-bond donors (Lipinski definition) is 2. The van der Waals surface area contributed by atoms with Crippen molar-refractivity contribution >= 4 is 23.9 Å². The first-order chi connectivity index (χ1) is 21.9. The standard InChI is InChI=1S/C33H43N5O8/c1-32(2,3)46-27(39)10-9-24(30(41)37-15-17-38(18-16-37)31(42)43)36-29(40)26-21-25(34-28(35-26)23-7-5-4-6-8-23)22-11-13-33(14-12-22)44-19-20-45-33/h4-8,21-22,24H,9-20H2,1-3H3,(H,36,40)(H,42,43)/t24-/m0/s1. The van der Waals surface area contributed by atoms with Crippen LogP contribution < -0.4 is 5.32 Å². The van der Waals surface area contributed by atoms with E-state index in [-0.39, 0.29) is 50.6 Å². The number of carbonyl (C=O) groups is 4. The van der Waals surface area contributed by atoms with Crippen LogP contribution in [0.4, 0.5) is 4.79 Å². The van der Waals surface area contributed by atoms with Crippen LogP contribution in [0.5, 0.6) is 0 Å². The van der Waals surface area contributed by atoms with Crippen molar-refractivity contribution in [3.8, 4) is 11.4 Å². The number of nitrogens with zero attached hydrogens (tertiary/aromatic N) is 4. The van der Waals surface area contributed by atoms with Crippen LogP contribution in [-0.4, -0.2) is 106 Å². The highest BCUT2D eigenvalue weighted by Gasteiger charge is 2.41. The molecule has 3 heterocycles. The minimum atomic E-state index is -1.05. The first-order valence-electron chi connectivity index (χ1n) is 15.9. The number of ether oxygens (including phenoxy) is 3. The molecule has 0 bridgehead atoms. The average molecular weight is 638 g/mol. The van der Waals surface area contributed by atoms with Crippen molar-refractivity contribution in [1.29, 1.82) is 0 Å². The second-order valence-electron chi connectivity index (χ2n) is 13.0. The Morgan fingerprint density at radius 3 is 2.24 bits per heavy atom. The van der Waals surface area contributed by atoms with E-state index in [0.29, 0.717) is 19.0 Å². The van der Waals surface area contributed by atoms with Gasteiger partial charge in [-0.1, -0.05) is 30.3 Å². The Balaban J connectivity index is 1.37. The zero-order valence-electron chi connectivity index (χ0n) is 26.7. The summed E-state index contributed by atoms with van der Waals surface area (Å²) < 4.78 is 17.2. The maximum absolute atomic E-state index is 13.9. The molecule has 3 amide bonds. The number of carboxylic acid groups (broad SMARTS) is 1. The first kappa shape index (κ1) is 33.3. The molecule has 13 nitrogen and oxygen atoms in total. The lowest BCUT2D eigenvalue weighted by molar-refractivity contribution is -0.179. The van der Waals surface area contributed by atoms with Gasteiger partial charge < -0.3 is 34.4 Å². The molecule has 1 spiro atoms. The van der Waals surface area contributed by atoms with Gasteiger partial charge in [-0.15, -0.1) is 0 Å². The van der Waals surface area contributed by atoms with Crippen LogP contribution in [0.3, 0.4) is 0 Å². The van der Waals surface area contributed by atoms with E-state index in [2.05, 4.69) is 10.3 Å². The molecule has 3 aliphatic rings. The normalized spacial score (nSPS) is 19.1. The molecule has 1 saturated carbocycles. The lowest BCUT2D eigenvalue weighted by Gasteiger charge is -2.35. The minimum Gasteiger partial charge on any atom is -0.465 e. The van der Waals surface area contributed by atoms with Crippen molar-refractivity contribution in [2.75, 3.05) is 39.4 Å². The van der Waals surface area contributed by atoms with Gasteiger partial charge in [-0.05, 0) is 46.1 Å². The molecule has 1 atom stereocenters. The van der Waals surface area contributed by atoms with Crippen LogP contribution in [0.1, 0.15) is 81.4 Å². The molecule has 2 aliphatic heterocycles. The van der Waals surface area contributed by atoms with Crippen LogP contribution in [0.15, 0.2) is 36.4 Å². The molecule has 5 rings (SSSR count). The smallest absolute Gasteiger partial charge is 0.407 e.